The average molecular weight is 678 g/mol. The second-order valence-corrected chi connectivity index (χ2v) is 18.1. The Morgan fingerprint density at radius 1 is 0.875 bits per heavy atom. The minimum absolute atomic E-state index is 0.0442. The maximum absolute atomic E-state index is 14.5. The van der Waals surface area contributed by atoms with E-state index in [1.165, 1.54) is 121 Å². The van der Waals surface area contributed by atoms with Gasteiger partial charge in [0, 0.05) is 30.1 Å². The number of nitrogens with one attached hydrogen (secondary N) is 3. The first-order valence-corrected chi connectivity index (χ1v) is 20.6. The Morgan fingerprint density at radius 2 is 1.58 bits per heavy atom. The first-order valence-electron chi connectivity index (χ1n) is 19.1. The molecule has 6 aliphatic rings. The molecule has 7 atom stereocenters. The summed E-state index contributed by atoms with van der Waals surface area (Å²) >= 11 is 0. The molecule has 3 N–H and O–H groups in total. The Morgan fingerprint density at radius 3 is 2.38 bits per heavy atom. The van der Waals surface area contributed by atoms with Gasteiger partial charge >= 0.3 is 0 Å². The molecule has 3 saturated carbocycles. The van der Waals surface area contributed by atoms with Gasteiger partial charge in [0.2, 0.25) is 15.7 Å². The summed E-state index contributed by atoms with van der Waals surface area (Å²) in [7, 11) is -3.98. The van der Waals surface area contributed by atoms with Crippen molar-refractivity contribution >= 4 is 15.7 Å². The number of aryl methyl sites for hydroxylation is 1. The van der Waals surface area contributed by atoms with Gasteiger partial charge in [-0.2, -0.15) is 0 Å². The summed E-state index contributed by atoms with van der Waals surface area (Å²) in [6, 6.07) is 10.8. The van der Waals surface area contributed by atoms with E-state index in [0.29, 0.717) is 24.1 Å². The number of carbonyl (C=O) groups is 1. The zero-order valence-corrected chi connectivity index (χ0v) is 29.7. The molecule has 3 bridgehead atoms. The molecule has 3 saturated heterocycles. The van der Waals surface area contributed by atoms with Crippen molar-refractivity contribution in [2.45, 2.75) is 150 Å². The maximum Gasteiger partial charge on any atom is 0.237 e. The van der Waals surface area contributed by atoms with Crippen LogP contribution in [-0.2, 0) is 21.2 Å². The highest BCUT2D eigenvalue weighted by Crippen LogP contribution is 2.56. The van der Waals surface area contributed by atoms with Crippen LogP contribution >= 0.6 is 0 Å². The molecule has 2 aromatic rings. The van der Waals surface area contributed by atoms with Crippen LogP contribution in [0.4, 0.5) is 4.39 Å². The molecule has 1 amide bonds. The largest absolute Gasteiger partial charge is 0.351 e. The smallest absolute Gasteiger partial charge is 0.237 e. The molecule has 7 unspecified atom stereocenters. The van der Waals surface area contributed by atoms with E-state index in [1.54, 1.807) is 25.1 Å². The molecule has 8 rings (SSSR count). The van der Waals surface area contributed by atoms with Gasteiger partial charge in [0.05, 0.1) is 10.9 Å². The summed E-state index contributed by atoms with van der Waals surface area (Å²) in [6.07, 6.45) is 22.0. The van der Waals surface area contributed by atoms with Crippen molar-refractivity contribution in [3.05, 3.63) is 59.4 Å². The number of rotatable bonds is 5. The van der Waals surface area contributed by atoms with Gasteiger partial charge < -0.3 is 16.0 Å². The SMILES string of the molecule is Cc1ccc(S(=O)(=O)c2ccc(CNC(=O)C3CC45CNC6(CCCCCCC(CCC6)C6CCCCCCC64)CC5N3)cc2)c(F)c1. The summed E-state index contributed by atoms with van der Waals surface area (Å²) in [6.45, 7) is 3.08. The van der Waals surface area contributed by atoms with E-state index < -0.39 is 15.7 Å². The summed E-state index contributed by atoms with van der Waals surface area (Å²) in [4.78, 5) is 13.7. The van der Waals surface area contributed by atoms with E-state index >= 15 is 0 Å². The second-order valence-electron chi connectivity index (χ2n) is 16.2. The van der Waals surface area contributed by atoms with Gasteiger partial charge in [0.25, 0.3) is 0 Å². The topological polar surface area (TPSA) is 87.3 Å². The highest BCUT2D eigenvalue weighted by molar-refractivity contribution is 7.91. The fourth-order valence-electron chi connectivity index (χ4n) is 10.8. The number of sulfone groups is 1. The average Bonchev–Trinajstić information content (AvgIpc) is 3.42. The predicted octanol–water partition coefficient (Wildman–Crippen LogP) is 7.77. The molecule has 2 aromatic carbocycles. The monoisotopic (exact) mass is 677 g/mol. The van der Waals surface area contributed by atoms with Crippen LogP contribution in [0.2, 0.25) is 0 Å². The molecule has 0 aromatic heterocycles. The van der Waals surface area contributed by atoms with Crippen LogP contribution in [0.15, 0.2) is 52.3 Å². The van der Waals surface area contributed by atoms with Gasteiger partial charge in [0.1, 0.15) is 10.7 Å². The van der Waals surface area contributed by atoms with Crippen LogP contribution in [0.25, 0.3) is 0 Å². The summed E-state index contributed by atoms with van der Waals surface area (Å²) < 4.78 is 40.8. The maximum atomic E-state index is 14.5. The van der Waals surface area contributed by atoms with Crippen LogP contribution in [0.5, 0.6) is 0 Å². The molecular weight excluding hydrogens is 622 g/mol. The van der Waals surface area contributed by atoms with Crippen LogP contribution in [0.3, 0.4) is 0 Å². The van der Waals surface area contributed by atoms with Crippen molar-refractivity contribution in [3.63, 3.8) is 0 Å². The number of hydrogen-bond donors (Lipinski definition) is 3. The zero-order chi connectivity index (χ0) is 33.4. The zero-order valence-electron chi connectivity index (χ0n) is 28.9. The lowest BCUT2D eigenvalue weighted by atomic mass is 9.54. The predicted molar refractivity (Wildman–Crippen MR) is 188 cm³/mol. The fraction of sp³-hybridized carbons (Fsp3) is 0.675. The van der Waals surface area contributed by atoms with Crippen molar-refractivity contribution in [1.82, 2.24) is 16.0 Å². The number of benzene rings is 2. The highest BCUT2D eigenvalue weighted by Gasteiger charge is 2.60. The summed E-state index contributed by atoms with van der Waals surface area (Å²) in [5.41, 5.74) is 1.76. The molecule has 0 radical (unpaired) electrons. The fourth-order valence-corrected chi connectivity index (χ4v) is 12.1. The second kappa shape index (κ2) is 14.1. The van der Waals surface area contributed by atoms with E-state index in [1.807, 2.05) is 0 Å². The number of amides is 1. The molecular formula is C40H56FN3O3S. The van der Waals surface area contributed by atoms with Gasteiger partial charge in [-0.15, -0.1) is 0 Å². The molecule has 3 aliphatic heterocycles. The Hall–Kier alpha value is -2.29. The van der Waals surface area contributed by atoms with Crippen LogP contribution in [-0.4, -0.2) is 38.5 Å². The normalized spacial score (nSPS) is 34.3. The van der Waals surface area contributed by atoms with Crippen molar-refractivity contribution < 1.29 is 17.6 Å². The lowest BCUT2D eigenvalue weighted by Crippen LogP contribution is -2.65. The molecule has 2 spiro atoms. The summed E-state index contributed by atoms with van der Waals surface area (Å²) in [5.74, 6) is 1.53. The van der Waals surface area contributed by atoms with Crippen molar-refractivity contribution in [2.24, 2.45) is 23.2 Å². The van der Waals surface area contributed by atoms with Crippen LogP contribution in [0, 0.1) is 35.9 Å². The molecule has 8 heteroatoms. The van der Waals surface area contributed by atoms with Gasteiger partial charge in [-0.1, -0.05) is 88.8 Å². The first kappa shape index (κ1) is 34.2. The quantitative estimate of drug-likeness (QED) is 0.301. The first-order chi connectivity index (χ1) is 23.2. The molecule has 3 aliphatic carbocycles. The Balaban J connectivity index is 1.10. The molecule has 6 nitrogen and oxygen atoms in total. The number of hydrogen-bond acceptors (Lipinski definition) is 5. The molecule has 262 valence electrons. The van der Waals surface area contributed by atoms with E-state index in [9.17, 15) is 17.6 Å². The van der Waals surface area contributed by atoms with Crippen molar-refractivity contribution in [1.29, 1.82) is 0 Å². The number of carbonyl (C=O) groups excluding carboxylic acids is 1. The van der Waals surface area contributed by atoms with Crippen molar-refractivity contribution in [2.75, 3.05) is 6.54 Å². The van der Waals surface area contributed by atoms with E-state index in [4.69, 9.17) is 0 Å². The third-order valence-electron chi connectivity index (χ3n) is 13.3. The Kier molecular flexibility index (Phi) is 10.1. The van der Waals surface area contributed by atoms with Gasteiger partial charge in [-0.05, 0) is 98.6 Å². The van der Waals surface area contributed by atoms with E-state index in [-0.39, 0.29) is 32.7 Å². The summed E-state index contributed by atoms with van der Waals surface area (Å²) in [5, 5.41) is 11.4. The minimum Gasteiger partial charge on any atom is -0.351 e. The lowest BCUT2D eigenvalue weighted by Gasteiger charge is -2.56. The Labute approximate surface area is 287 Å². The molecule has 3 heterocycles. The highest BCUT2D eigenvalue weighted by atomic mass is 32.2. The lowest BCUT2D eigenvalue weighted by molar-refractivity contribution is -0.123. The van der Waals surface area contributed by atoms with Gasteiger partial charge in [-0.3, -0.25) is 4.79 Å². The van der Waals surface area contributed by atoms with Crippen LogP contribution < -0.4 is 16.0 Å². The number of halogens is 1. The molecule has 6 fully saturated rings. The third kappa shape index (κ3) is 6.75. The van der Waals surface area contributed by atoms with Crippen LogP contribution in [0.1, 0.15) is 120 Å². The minimum atomic E-state index is -3.98. The van der Waals surface area contributed by atoms with Gasteiger partial charge in [-0.25, -0.2) is 12.8 Å². The van der Waals surface area contributed by atoms with Crippen molar-refractivity contribution in [3.8, 4) is 0 Å². The molecule has 48 heavy (non-hydrogen) atoms. The number of piperidine rings is 1. The standard InChI is InChI=1S/C40H56FN3O3S/c1-28-15-20-36(34(41)23-28)48(46,47)31-18-16-29(17-19-31)26-42-38(45)35-24-40-27-43-39(25-37(40)44-35)21-9-5-4-6-11-30(12-10-22-39)32-13-7-2-3-8-14-33(32)40/h15-20,23,30,32-33,35,37,43-44H,2-14,21-22,24-27H2,1H3,(H,42,45). The van der Waals surface area contributed by atoms with E-state index in [2.05, 4.69) is 16.0 Å². The Bertz CT molecular complexity index is 1560. The third-order valence-corrected chi connectivity index (χ3v) is 15.1. The number of fused-ring (bicyclic) bond motifs is 1. The van der Waals surface area contributed by atoms with E-state index in [0.717, 1.165) is 36.8 Å². The van der Waals surface area contributed by atoms with Gasteiger partial charge in [0.15, 0.2) is 0 Å².